The minimum atomic E-state index is -3.06. The number of sulfone groups is 1. The first kappa shape index (κ1) is 23.2. The van der Waals surface area contributed by atoms with E-state index in [1.165, 1.54) is 6.92 Å². The molecule has 8 heteroatoms. The van der Waals surface area contributed by atoms with Crippen molar-refractivity contribution in [2.75, 3.05) is 31.8 Å². The Hall–Kier alpha value is -2.42. The zero-order valence-corrected chi connectivity index (χ0v) is 18.7. The molecule has 0 spiro atoms. The molecule has 2 aromatic rings. The van der Waals surface area contributed by atoms with E-state index in [1.54, 1.807) is 31.4 Å². The van der Waals surface area contributed by atoms with Gasteiger partial charge >= 0.3 is 0 Å². The van der Waals surface area contributed by atoms with Gasteiger partial charge in [0, 0.05) is 24.7 Å². The largest absolute Gasteiger partial charge is 0.497 e. The molecule has 31 heavy (non-hydrogen) atoms. The highest BCUT2D eigenvalue weighted by Crippen LogP contribution is 2.22. The first-order valence-electron chi connectivity index (χ1n) is 10.2. The molecule has 0 amide bonds. The van der Waals surface area contributed by atoms with E-state index in [0.717, 1.165) is 11.3 Å². The third-order valence-corrected chi connectivity index (χ3v) is 7.12. The van der Waals surface area contributed by atoms with Crippen LogP contribution < -0.4 is 9.47 Å². The third kappa shape index (κ3) is 6.78. The van der Waals surface area contributed by atoms with E-state index in [1.807, 2.05) is 29.2 Å². The van der Waals surface area contributed by atoms with Gasteiger partial charge in [-0.15, -0.1) is 0 Å². The lowest BCUT2D eigenvalue weighted by Crippen LogP contribution is -2.42. The average Bonchev–Trinajstić information content (AvgIpc) is 3.12. The minimum Gasteiger partial charge on any atom is -0.497 e. The van der Waals surface area contributed by atoms with Crippen LogP contribution in [0.15, 0.2) is 48.5 Å². The highest BCUT2D eigenvalue weighted by molar-refractivity contribution is 7.91. The van der Waals surface area contributed by atoms with Gasteiger partial charge in [0.2, 0.25) is 0 Å². The number of benzene rings is 2. The fraction of sp³-hybridized carbons (Fsp3) is 0.435. The van der Waals surface area contributed by atoms with Gasteiger partial charge in [0.05, 0.1) is 18.6 Å². The maximum Gasteiger partial charge on any atom is 0.159 e. The zero-order chi connectivity index (χ0) is 22.4. The molecule has 1 heterocycles. The molecule has 168 valence electrons. The summed E-state index contributed by atoms with van der Waals surface area (Å²) in [7, 11) is -1.46. The molecule has 0 saturated carbocycles. The normalized spacial score (nSPS) is 18.6. The van der Waals surface area contributed by atoms with E-state index < -0.39 is 15.9 Å². The van der Waals surface area contributed by atoms with E-state index in [4.69, 9.17) is 9.47 Å². The summed E-state index contributed by atoms with van der Waals surface area (Å²) >= 11 is 0. The lowest BCUT2D eigenvalue weighted by atomic mass is 10.1. The molecule has 2 atom stereocenters. The van der Waals surface area contributed by atoms with E-state index in [0.29, 0.717) is 24.3 Å². The fourth-order valence-electron chi connectivity index (χ4n) is 3.73. The van der Waals surface area contributed by atoms with Gasteiger partial charge in [-0.2, -0.15) is 0 Å². The van der Waals surface area contributed by atoms with Crippen LogP contribution in [0, 0.1) is 0 Å². The maximum absolute atomic E-state index is 12.0. The van der Waals surface area contributed by atoms with E-state index in [-0.39, 0.29) is 36.5 Å². The molecule has 1 aliphatic rings. The number of aliphatic hydroxyl groups excluding tert-OH is 1. The molecule has 0 aromatic heterocycles. The predicted octanol–water partition coefficient (Wildman–Crippen LogP) is 2.33. The van der Waals surface area contributed by atoms with Crippen LogP contribution in [0.25, 0.3) is 0 Å². The Morgan fingerprint density at radius 2 is 1.94 bits per heavy atom. The van der Waals surface area contributed by atoms with Gasteiger partial charge in [-0.1, -0.05) is 24.3 Å². The van der Waals surface area contributed by atoms with Crippen molar-refractivity contribution in [3.63, 3.8) is 0 Å². The molecule has 1 N–H and O–H groups in total. The number of hydrogen-bond acceptors (Lipinski definition) is 7. The zero-order valence-electron chi connectivity index (χ0n) is 17.9. The summed E-state index contributed by atoms with van der Waals surface area (Å²) in [5.74, 6) is 1.43. The van der Waals surface area contributed by atoms with Gasteiger partial charge in [0.15, 0.2) is 15.6 Å². The van der Waals surface area contributed by atoms with E-state index in [2.05, 4.69) is 0 Å². The van der Waals surface area contributed by atoms with Gasteiger partial charge in [-0.25, -0.2) is 8.42 Å². The smallest absolute Gasteiger partial charge is 0.159 e. The quantitative estimate of drug-likeness (QED) is 0.559. The average molecular weight is 448 g/mol. The molecule has 2 unspecified atom stereocenters. The second-order valence-corrected chi connectivity index (χ2v) is 10.1. The van der Waals surface area contributed by atoms with Crippen LogP contribution in [-0.2, 0) is 16.4 Å². The number of methoxy groups -OCH3 is 1. The van der Waals surface area contributed by atoms with Crippen molar-refractivity contribution in [3.05, 3.63) is 59.7 Å². The summed E-state index contributed by atoms with van der Waals surface area (Å²) in [6, 6.07) is 14.3. The predicted molar refractivity (Wildman–Crippen MR) is 118 cm³/mol. The summed E-state index contributed by atoms with van der Waals surface area (Å²) in [4.78, 5) is 13.5. The third-order valence-electron chi connectivity index (χ3n) is 5.37. The summed E-state index contributed by atoms with van der Waals surface area (Å²) in [5.41, 5.74) is 1.52. The number of ketones is 1. The molecular weight excluding hydrogens is 418 g/mol. The SMILES string of the molecule is COc1cccc(CN(CC(O)COc2cccc(C(C)=O)c2)C2CCS(=O)(=O)C2)c1. The molecule has 7 nitrogen and oxygen atoms in total. The molecule has 1 aliphatic heterocycles. The molecule has 0 bridgehead atoms. The lowest BCUT2D eigenvalue weighted by molar-refractivity contribution is 0.0524. The van der Waals surface area contributed by atoms with Crippen LogP contribution in [0.2, 0.25) is 0 Å². The maximum atomic E-state index is 12.0. The van der Waals surface area contributed by atoms with Crippen molar-refractivity contribution in [1.82, 2.24) is 4.90 Å². The minimum absolute atomic E-state index is 0.0371. The van der Waals surface area contributed by atoms with Crippen molar-refractivity contribution < 1.29 is 27.8 Å². The molecule has 0 aliphatic carbocycles. The number of Topliss-reactive ketones (excluding diaryl/α,β-unsaturated/α-hetero) is 1. The van der Waals surface area contributed by atoms with Crippen LogP contribution in [-0.4, -0.2) is 68.1 Å². The Morgan fingerprint density at radius 1 is 1.19 bits per heavy atom. The molecule has 0 radical (unpaired) electrons. The molecule has 3 rings (SSSR count). The van der Waals surface area contributed by atoms with Gasteiger partial charge in [-0.05, 0) is 43.2 Å². The first-order valence-corrected chi connectivity index (χ1v) is 12.1. The van der Waals surface area contributed by atoms with Crippen molar-refractivity contribution in [3.8, 4) is 11.5 Å². The Labute approximate surface area is 183 Å². The Morgan fingerprint density at radius 3 is 2.61 bits per heavy atom. The monoisotopic (exact) mass is 447 g/mol. The van der Waals surface area contributed by atoms with Crippen molar-refractivity contribution in [1.29, 1.82) is 0 Å². The highest BCUT2D eigenvalue weighted by Gasteiger charge is 2.33. The number of carbonyl (C=O) groups is 1. The van der Waals surface area contributed by atoms with Crippen molar-refractivity contribution >= 4 is 15.6 Å². The molecular formula is C23H29NO6S. The van der Waals surface area contributed by atoms with Gasteiger partial charge in [0.25, 0.3) is 0 Å². The Bertz CT molecular complexity index is 1010. The first-order chi connectivity index (χ1) is 14.8. The van der Waals surface area contributed by atoms with Crippen LogP contribution in [0.3, 0.4) is 0 Å². The number of aliphatic hydroxyl groups is 1. The Kier molecular flexibility index (Phi) is 7.69. The van der Waals surface area contributed by atoms with Crippen LogP contribution in [0.1, 0.15) is 29.3 Å². The highest BCUT2D eigenvalue weighted by atomic mass is 32.2. The van der Waals surface area contributed by atoms with Gasteiger partial charge in [-0.3, -0.25) is 9.69 Å². The summed E-state index contributed by atoms with van der Waals surface area (Å²) in [6.07, 6.45) is -0.282. The summed E-state index contributed by atoms with van der Waals surface area (Å²) in [6.45, 7) is 2.29. The number of hydrogen-bond donors (Lipinski definition) is 1. The molecule has 2 aromatic carbocycles. The second kappa shape index (κ2) is 10.3. The van der Waals surface area contributed by atoms with Crippen molar-refractivity contribution in [2.24, 2.45) is 0 Å². The number of nitrogens with zero attached hydrogens (tertiary/aromatic N) is 1. The summed E-state index contributed by atoms with van der Waals surface area (Å²) in [5, 5.41) is 10.6. The van der Waals surface area contributed by atoms with Gasteiger partial charge in [0.1, 0.15) is 24.2 Å². The number of rotatable bonds is 10. The lowest BCUT2D eigenvalue weighted by Gasteiger charge is -2.30. The molecule has 1 fully saturated rings. The summed E-state index contributed by atoms with van der Waals surface area (Å²) < 4.78 is 35.0. The number of carbonyl (C=O) groups excluding carboxylic acids is 1. The van der Waals surface area contributed by atoms with Crippen LogP contribution >= 0.6 is 0 Å². The second-order valence-electron chi connectivity index (χ2n) is 7.89. The van der Waals surface area contributed by atoms with E-state index in [9.17, 15) is 18.3 Å². The van der Waals surface area contributed by atoms with E-state index >= 15 is 0 Å². The molecule has 1 saturated heterocycles. The Balaban J connectivity index is 1.67. The standard InChI is InChI=1S/C23H29NO6S/c1-17(25)19-6-4-8-23(12-19)30-15-21(26)14-24(20-9-10-31(27,28)16-20)13-18-5-3-7-22(11-18)29-2/h3-8,11-12,20-21,26H,9-10,13-16H2,1-2H3. The topological polar surface area (TPSA) is 93.1 Å². The van der Waals surface area contributed by atoms with Crippen LogP contribution in [0.4, 0.5) is 0 Å². The van der Waals surface area contributed by atoms with Crippen molar-refractivity contribution in [2.45, 2.75) is 32.0 Å². The number of ether oxygens (including phenoxy) is 2. The van der Waals surface area contributed by atoms with Crippen LogP contribution in [0.5, 0.6) is 11.5 Å². The van der Waals surface area contributed by atoms with Gasteiger partial charge < -0.3 is 14.6 Å². The fourth-order valence-corrected chi connectivity index (χ4v) is 5.49.